The van der Waals surface area contributed by atoms with Crippen LogP contribution in [0, 0.1) is 0 Å². The summed E-state index contributed by atoms with van der Waals surface area (Å²) in [6.07, 6.45) is 4.30. The van der Waals surface area contributed by atoms with Gasteiger partial charge in [0.2, 0.25) is 0 Å². The van der Waals surface area contributed by atoms with Crippen LogP contribution in [0.1, 0.15) is 5.56 Å². The number of hydrogen-bond acceptors (Lipinski definition) is 4. The Bertz CT molecular complexity index is 873. The fourth-order valence-corrected chi connectivity index (χ4v) is 2.22. The third-order valence-electron chi connectivity index (χ3n) is 3.20. The first-order valence-corrected chi connectivity index (χ1v) is 6.25. The molecule has 3 aromatic rings. The van der Waals surface area contributed by atoms with E-state index in [-0.39, 0.29) is 0 Å². The Morgan fingerprint density at radius 2 is 2.05 bits per heavy atom. The van der Waals surface area contributed by atoms with E-state index in [1.165, 1.54) is 4.57 Å². The minimum Gasteiger partial charge on any atom is -0.372 e. The van der Waals surface area contributed by atoms with Gasteiger partial charge < -0.3 is 4.42 Å². The molecule has 0 saturated heterocycles. The van der Waals surface area contributed by atoms with Crippen molar-refractivity contribution in [3.63, 3.8) is 0 Å². The minimum absolute atomic E-state index is 0.415. The van der Waals surface area contributed by atoms with E-state index in [0.717, 1.165) is 5.56 Å². The second kappa shape index (κ2) is 4.80. The van der Waals surface area contributed by atoms with E-state index in [2.05, 4.69) is 5.10 Å². The van der Waals surface area contributed by atoms with Crippen molar-refractivity contribution in [1.82, 2.24) is 14.3 Å². The monoisotopic (exact) mass is 271 g/mol. The lowest BCUT2D eigenvalue weighted by atomic mass is 10.2. The largest absolute Gasteiger partial charge is 0.422 e. The first-order chi connectivity index (χ1) is 9.65. The highest BCUT2D eigenvalue weighted by Gasteiger charge is 2.09. The fraction of sp³-hybridized carbons (Fsp3) is 0.214. The van der Waals surface area contributed by atoms with E-state index < -0.39 is 11.4 Å². The standard InChI is InChI=1S/C14H13N3O3/c1-16-9-10(8-15-16)6-7-17-12-5-3-2-4-11(12)13(18)20-14(17)19/h2-5,8-9H,6-7H2,1H3. The molecule has 0 aliphatic heterocycles. The number of benzene rings is 1. The van der Waals surface area contributed by atoms with Gasteiger partial charge in [-0.3, -0.25) is 9.25 Å². The number of nitrogens with zero attached hydrogens (tertiary/aromatic N) is 3. The second-order valence-electron chi connectivity index (χ2n) is 4.60. The topological polar surface area (TPSA) is 70.0 Å². The lowest BCUT2D eigenvalue weighted by Gasteiger charge is -2.07. The van der Waals surface area contributed by atoms with Gasteiger partial charge in [0, 0.05) is 19.8 Å². The third kappa shape index (κ3) is 2.16. The number of aryl methyl sites for hydroxylation is 3. The summed E-state index contributed by atoms with van der Waals surface area (Å²) in [5.41, 5.74) is 1.02. The summed E-state index contributed by atoms with van der Waals surface area (Å²) < 4.78 is 7.93. The maximum atomic E-state index is 11.9. The predicted molar refractivity (Wildman–Crippen MR) is 73.7 cm³/mol. The molecule has 0 saturated carbocycles. The van der Waals surface area contributed by atoms with Crippen LogP contribution >= 0.6 is 0 Å². The van der Waals surface area contributed by atoms with Crippen molar-refractivity contribution >= 4 is 10.9 Å². The van der Waals surface area contributed by atoms with Crippen LogP contribution in [0.3, 0.4) is 0 Å². The number of fused-ring (bicyclic) bond motifs is 1. The minimum atomic E-state index is -0.627. The normalized spacial score (nSPS) is 11.1. The molecule has 0 amide bonds. The van der Waals surface area contributed by atoms with Gasteiger partial charge in [-0.15, -0.1) is 0 Å². The highest BCUT2D eigenvalue weighted by molar-refractivity contribution is 5.77. The summed E-state index contributed by atoms with van der Waals surface area (Å²) in [6, 6.07) is 6.94. The van der Waals surface area contributed by atoms with Crippen LogP contribution in [-0.2, 0) is 20.0 Å². The lowest BCUT2D eigenvalue weighted by Crippen LogP contribution is -2.25. The number of para-hydroxylation sites is 1. The van der Waals surface area contributed by atoms with Gasteiger partial charge in [0.15, 0.2) is 0 Å². The maximum Gasteiger partial charge on any atom is 0.422 e. The van der Waals surface area contributed by atoms with Crippen molar-refractivity contribution < 1.29 is 4.42 Å². The van der Waals surface area contributed by atoms with E-state index in [0.29, 0.717) is 23.9 Å². The highest BCUT2D eigenvalue weighted by atomic mass is 16.4. The van der Waals surface area contributed by atoms with Crippen molar-refractivity contribution in [3.8, 4) is 0 Å². The van der Waals surface area contributed by atoms with Crippen molar-refractivity contribution in [2.45, 2.75) is 13.0 Å². The quantitative estimate of drug-likeness (QED) is 0.710. The molecule has 0 fully saturated rings. The summed E-state index contributed by atoms with van der Waals surface area (Å²) in [6.45, 7) is 0.439. The summed E-state index contributed by atoms with van der Waals surface area (Å²) in [5.74, 6) is -0.627. The SMILES string of the molecule is Cn1cc(CCn2c(=O)oc(=O)c3ccccc32)cn1. The zero-order chi connectivity index (χ0) is 14.1. The number of aromatic nitrogens is 3. The highest BCUT2D eigenvalue weighted by Crippen LogP contribution is 2.08. The summed E-state index contributed by atoms with van der Waals surface area (Å²) >= 11 is 0. The van der Waals surface area contributed by atoms with Crippen LogP contribution in [0.25, 0.3) is 10.9 Å². The predicted octanol–water partition coefficient (Wildman–Crippen LogP) is 0.931. The van der Waals surface area contributed by atoms with E-state index >= 15 is 0 Å². The molecule has 0 aliphatic rings. The molecule has 0 unspecified atom stereocenters. The van der Waals surface area contributed by atoms with Crippen LogP contribution in [0.5, 0.6) is 0 Å². The molecule has 0 N–H and O–H groups in total. The smallest absolute Gasteiger partial charge is 0.372 e. The molecule has 0 spiro atoms. The summed E-state index contributed by atoms with van der Waals surface area (Å²) in [4.78, 5) is 23.5. The average Bonchev–Trinajstić information content (AvgIpc) is 2.84. The van der Waals surface area contributed by atoms with Crippen LogP contribution in [-0.4, -0.2) is 14.3 Å². The van der Waals surface area contributed by atoms with Gasteiger partial charge >= 0.3 is 11.4 Å². The van der Waals surface area contributed by atoms with Crippen molar-refractivity contribution in [2.75, 3.05) is 0 Å². The first kappa shape index (κ1) is 12.4. The molecular weight excluding hydrogens is 258 g/mol. The van der Waals surface area contributed by atoms with E-state index in [9.17, 15) is 9.59 Å². The van der Waals surface area contributed by atoms with Crippen molar-refractivity contribution in [1.29, 1.82) is 0 Å². The van der Waals surface area contributed by atoms with Gasteiger partial charge in [-0.1, -0.05) is 12.1 Å². The fourth-order valence-electron chi connectivity index (χ4n) is 2.22. The molecular formula is C14H13N3O3. The van der Waals surface area contributed by atoms with Gasteiger partial charge in [-0.25, -0.2) is 9.59 Å². The zero-order valence-electron chi connectivity index (χ0n) is 10.9. The van der Waals surface area contributed by atoms with Gasteiger partial charge in [0.05, 0.1) is 17.1 Å². The van der Waals surface area contributed by atoms with Crippen LogP contribution in [0.4, 0.5) is 0 Å². The number of hydrogen-bond donors (Lipinski definition) is 0. The molecule has 0 bridgehead atoms. The molecule has 2 heterocycles. The molecule has 20 heavy (non-hydrogen) atoms. The molecule has 1 aromatic carbocycles. The Balaban J connectivity index is 2.03. The van der Waals surface area contributed by atoms with Crippen molar-refractivity contribution in [3.05, 3.63) is 63.2 Å². The van der Waals surface area contributed by atoms with E-state index in [4.69, 9.17) is 4.42 Å². The summed E-state index contributed by atoms with van der Waals surface area (Å²) in [7, 11) is 1.84. The van der Waals surface area contributed by atoms with Crippen LogP contribution in [0.2, 0.25) is 0 Å². The molecule has 2 aromatic heterocycles. The maximum absolute atomic E-state index is 11.9. The second-order valence-corrected chi connectivity index (χ2v) is 4.60. The Morgan fingerprint density at radius 3 is 2.80 bits per heavy atom. The molecule has 0 atom stereocenters. The number of rotatable bonds is 3. The zero-order valence-corrected chi connectivity index (χ0v) is 10.9. The van der Waals surface area contributed by atoms with Gasteiger partial charge in [0.25, 0.3) is 0 Å². The van der Waals surface area contributed by atoms with Crippen LogP contribution in [0.15, 0.2) is 50.7 Å². The van der Waals surface area contributed by atoms with Crippen molar-refractivity contribution in [2.24, 2.45) is 7.05 Å². The molecule has 3 rings (SSSR count). The third-order valence-corrected chi connectivity index (χ3v) is 3.20. The molecule has 6 heteroatoms. The Kier molecular flexibility index (Phi) is 2.98. The average molecular weight is 271 g/mol. The molecule has 0 aliphatic carbocycles. The van der Waals surface area contributed by atoms with Gasteiger partial charge in [-0.05, 0) is 24.1 Å². The van der Waals surface area contributed by atoms with Crippen LogP contribution < -0.4 is 11.4 Å². The molecule has 0 radical (unpaired) electrons. The lowest BCUT2D eigenvalue weighted by molar-refractivity contribution is 0.416. The Labute approximate surface area is 113 Å². The van der Waals surface area contributed by atoms with Gasteiger partial charge in [-0.2, -0.15) is 5.10 Å². The summed E-state index contributed by atoms with van der Waals surface area (Å²) in [5, 5.41) is 4.50. The Morgan fingerprint density at radius 1 is 1.25 bits per heavy atom. The van der Waals surface area contributed by atoms with Gasteiger partial charge in [0.1, 0.15) is 0 Å². The first-order valence-electron chi connectivity index (χ1n) is 6.25. The molecule has 102 valence electrons. The van der Waals surface area contributed by atoms with E-state index in [1.807, 2.05) is 13.2 Å². The van der Waals surface area contributed by atoms with E-state index in [1.54, 1.807) is 35.1 Å². The molecule has 6 nitrogen and oxygen atoms in total. The Hall–Kier alpha value is -2.63.